The first-order chi connectivity index (χ1) is 9.06. The van der Waals surface area contributed by atoms with Crippen LogP contribution in [-0.4, -0.2) is 28.0 Å². The molecule has 1 atom stereocenters. The fourth-order valence-corrected chi connectivity index (χ4v) is 2.13. The van der Waals surface area contributed by atoms with Gasteiger partial charge in [-0.3, -0.25) is 9.59 Å². The third-order valence-electron chi connectivity index (χ3n) is 3.08. The van der Waals surface area contributed by atoms with E-state index in [2.05, 4.69) is 29.5 Å². The van der Waals surface area contributed by atoms with Gasteiger partial charge in [0, 0.05) is 37.9 Å². The monoisotopic (exact) mass is 264 g/mol. The predicted octanol–water partition coefficient (Wildman–Crippen LogP) is 0.590. The van der Waals surface area contributed by atoms with Gasteiger partial charge in [-0.25, -0.2) is 4.98 Å². The van der Waals surface area contributed by atoms with E-state index in [1.54, 1.807) is 17.0 Å². The van der Waals surface area contributed by atoms with Crippen molar-refractivity contribution in [3.05, 3.63) is 22.7 Å². The first kappa shape index (κ1) is 13.6. The molecule has 1 aliphatic heterocycles. The molecule has 1 unspecified atom stereocenters. The van der Waals surface area contributed by atoms with Crippen molar-refractivity contribution in [2.75, 3.05) is 11.9 Å². The molecule has 1 aromatic rings. The van der Waals surface area contributed by atoms with Gasteiger partial charge in [-0.05, 0) is 12.3 Å². The Morgan fingerprint density at radius 3 is 2.95 bits per heavy atom. The van der Waals surface area contributed by atoms with Crippen LogP contribution < -0.4 is 16.2 Å². The van der Waals surface area contributed by atoms with Gasteiger partial charge >= 0.3 is 0 Å². The van der Waals surface area contributed by atoms with Gasteiger partial charge < -0.3 is 15.2 Å². The molecule has 1 saturated heterocycles. The molecule has 0 aromatic carbocycles. The topological polar surface area (TPSA) is 76.0 Å². The highest BCUT2D eigenvalue weighted by atomic mass is 16.1. The van der Waals surface area contributed by atoms with E-state index in [-0.39, 0.29) is 17.5 Å². The maximum absolute atomic E-state index is 12.2. The molecule has 6 heteroatoms. The van der Waals surface area contributed by atoms with Crippen LogP contribution in [0, 0.1) is 5.92 Å². The molecule has 1 amide bonds. The molecule has 2 N–H and O–H groups in total. The third kappa shape index (κ3) is 3.56. The van der Waals surface area contributed by atoms with Gasteiger partial charge in [0.1, 0.15) is 0 Å². The molecule has 0 spiro atoms. The summed E-state index contributed by atoms with van der Waals surface area (Å²) in [5.74, 6) is 0.836. The van der Waals surface area contributed by atoms with E-state index in [4.69, 9.17) is 0 Å². The molecule has 104 valence electrons. The van der Waals surface area contributed by atoms with E-state index in [1.807, 2.05) is 0 Å². The highest BCUT2D eigenvalue weighted by molar-refractivity contribution is 5.76. The SMILES string of the molecule is CC(C)Cn1ccnc(NC2CCC(=O)NC2)c1=O. The minimum absolute atomic E-state index is 0.0660. The number of nitrogens with zero attached hydrogens (tertiary/aromatic N) is 2. The van der Waals surface area contributed by atoms with Crippen molar-refractivity contribution in [1.82, 2.24) is 14.9 Å². The number of rotatable bonds is 4. The molecular weight excluding hydrogens is 244 g/mol. The van der Waals surface area contributed by atoms with Gasteiger partial charge in [0.15, 0.2) is 5.82 Å². The Morgan fingerprint density at radius 2 is 2.32 bits per heavy atom. The number of anilines is 1. The van der Waals surface area contributed by atoms with Crippen LogP contribution in [0.2, 0.25) is 0 Å². The minimum Gasteiger partial charge on any atom is -0.361 e. The number of nitrogens with one attached hydrogen (secondary N) is 2. The highest BCUT2D eigenvalue weighted by Gasteiger charge is 2.19. The Kier molecular flexibility index (Phi) is 4.19. The summed E-state index contributed by atoms with van der Waals surface area (Å²) in [5.41, 5.74) is -0.104. The van der Waals surface area contributed by atoms with Gasteiger partial charge in [-0.1, -0.05) is 13.8 Å². The van der Waals surface area contributed by atoms with E-state index in [0.29, 0.717) is 31.2 Å². The van der Waals surface area contributed by atoms with Gasteiger partial charge in [-0.15, -0.1) is 0 Å². The van der Waals surface area contributed by atoms with Crippen LogP contribution in [-0.2, 0) is 11.3 Å². The lowest BCUT2D eigenvalue weighted by Crippen LogP contribution is -2.43. The van der Waals surface area contributed by atoms with Crippen molar-refractivity contribution in [2.24, 2.45) is 5.92 Å². The van der Waals surface area contributed by atoms with Crippen LogP contribution in [0.1, 0.15) is 26.7 Å². The molecule has 0 bridgehead atoms. The van der Waals surface area contributed by atoms with Crippen molar-refractivity contribution < 1.29 is 4.79 Å². The first-order valence-corrected chi connectivity index (χ1v) is 6.65. The lowest BCUT2D eigenvalue weighted by molar-refractivity contribution is -0.122. The van der Waals surface area contributed by atoms with Crippen LogP contribution in [0.25, 0.3) is 0 Å². The second-order valence-corrected chi connectivity index (χ2v) is 5.31. The zero-order valence-electron chi connectivity index (χ0n) is 11.3. The third-order valence-corrected chi connectivity index (χ3v) is 3.08. The van der Waals surface area contributed by atoms with E-state index >= 15 is 0 Å². The number of carbonyl (C=O) groups excluding carboxylic acids is 1. The molecule has 1 aliphatic rings. The molecule has 0 radical (unpaired) electrons. The summed E-state index contributed by atoms with van der Waals surface area (Å²) in [5, 5.41) is 5.90. The molecule has 1 aromatic heterocycles. The second-order valence-electron chi connectivity index (χ2n) is 5.31. The smallest absolute Gasteiger partial charge is 0.293 e. The van der Waals surface area contributed by atoms with Crippen LogP contribution >= 0.6 is 0 Å². The van der Waals surface area contributed by atoms with Gasteiger partial charge in [0.2, 0.25) is 5.91 Å². The fraction of sp³-hybridized carbons (Fsp3) is 0.615. The Morgan fingerprint density at radius 1 is 1.53 bits per heavy atom. The highest BCUT2D eigenvalue weighted by Crippen LogP contribution is 2.07. The number of hydrogen-bond donors (Lipinski definition) is 2. The van der Waals surface area contributed by atoms with Gasteiger partial charge in [0.25, 0.3) is 5.56 Å². The molecule has 1 fully saturated rings. The standard InChI is InChI=1S/C13H20N4O2/c1-9(2)8-17-6-5-14-12(13(17)19)16-10-3-4-11(18)15-7-10/h5-6,9-10H,3-4,7-8H2,1-2H3,(H,14,16)(H,15,18). The van der Waals surface area contributed by atoms with E-state index in [9.17, 15) is 9.59 Å². The molecule has 19 heavy (non-hydrogen) atoms. The van der Waals surface area contributed by atoms with E-state index < -0.39 is 0 Å². The molecular formula is C13H20N4O2. The molecule has 0 aliphatic carbocycles. The van der Waals surface area contributed by atoms with Crippen molar-refractivity contribution in [2.45, 2.75) is 39.3 Å². The van der Waals surface area contributed by atoms with E-state index in [1.165, 1.54) is 0 Å². The maximum atomic E-state index is 12.2. The van der Waals surface area contributed by atoms with E-state index in [0.717, 1.165) is 6.42 Å². The number of carbonyl (C=O) groups is 1. The predicted molar refractivity (Wildman–Crippen MR) is 73.0 cm³/mol. The first-order valence-electron chi connectivity index (χ1n) is 6.65. The number of aromatic nitrogens is 2. The van der Waals surface area contributed by atoms with Crippen molar-refractivity contribution in [3.8, 4) is 0 Å². The summed E-state index contributed by atoms with van der Waals surface area (Å²) in [6.45, 7) is 5.35. The molecule has 0 saturated carbocycles. The Balaban J connectivity index is 2.08. The fourth-order valence-electron chi connectivity index (χ4n) is 2.13. The van der Waals surface area contributed by atoms with Crippen molar-refractivity contribution in [1.29, 1.82) is 0 Å². The summed E-state index contributed by atoms with van der Waals surface area (Å²) in [7, 11) is 0. The largest absolute Gasteiger partial charge is 0.361 e. The van der Waals surface area contributed by atoms with Gasteiger partial charge in [-0.2, -0.15) is 0 Å². The summed E-state index contributed by atoms with van der Waals surface area (Å²) < 4.78 is 1.67. The Labute approximate surface area is 112 Å². The quantitative estimate of drug-likeness (QED) is 0.834. The Bertz CT molecular complexity index is 500. The molecule has 2 rings (SSSR count). The van der Waals surface area contributed by atoms with Crippen LogP contribution in [0.5, 0.6) is 0 Å². The number of piperidine rings is 1. The van der Waals surface area contributed by atoms with Crippen LogP contribution in [0.15, 0.2) is 17.2 Å². The zero-order chi connectivity index (χ0) is 13.8. The average Bonchev–Trinajstić information content (AvgIpc) is 2.36. The average molecular weight is 264 g/mol. The van der Waals surface area contributed by atoms with Crippen LogP contribution in [0.4, 0.5) is 5.82 Å². The lowest BCUT2D eigenvalue weighted by atomic mass is 10.1. The van der Waals surface area contributed by atoms with Crippen molar-refractivity contribution >= 4 is 11.7 Å². The van der Waals surface area contributed by atoms with Gasteiger partial charge in [0.05, 0.1) is 0 Å². The second kappa shape index (κ2) is 5.86. The number of amides is 1. The maximum Gasteiger partial charge on any atom is 0.293 e. The number of hydrogen-bond acceptors (Lipinski definition) is 4. The summed E-state index contributed by atoms with van der Waals surface area (Å²) >= 11 is 0. The minimum atomic E-state index is -0.104. The zero-order valence-corrected chi connectivity index (χ0v) is 11.3. The van der Waals surface area contributed by atoms with Crippen molar-refractivity contribution in [3.63, 3.8) is 0 Å². The Hall–Kier alpha value is -1.85. The lowest BCUT2D eigenvalue weighted by Gasteiger charge is -2.23. The van der Waals surface area contributed by atoms with Crippen LogP contribution in [0.3, 0.4) is 0 Å². The molecule has 6 nitrogen and oxygen atoms in total. The summed E-state index contributed by atoms with van der Waals surface area (Å²) in [4.78, 5) is 27.4. The normalized spacial score (nSPS) is 19.3. The molecule has 2 heterocycles. The summed E-state index contributed by atoms with van der Waals surface area (Å²) in [6, 6.07) is 0.0767. The summed E-state index contributed by atoms with van der Waals surface area (Å²) in [6.07, 6.45) is 4.56.